The van der Waals surface area contributed by atoms with Crippen molar-refractivity contribution in [2.75, 3.05) is 27.1 Å². The van der Waals surface area contributed by atoms with Gasteiger partial charge in [0.1, 0.15) is 13.4 Å². The average Bonchev–Trinajstić information content (AvgIpc) is 2.16. The molecule has 0 aliphatic carbocycles. The fourth-order valence-electron chi connectivity index (χ4n) is 0.853. The third kappa shape index (κ3) is 3.06. The summed E-state index contributed by atoms with van der Waals surface area (Å²) in [5.74, 6) is 0. The number of ether oxygens (including phenoxy) is 4. The number of hydrogen-bond acceptors (Lipinski definition) is 5. The van der Waals surface area contributed by atoms with Crippen molar-refractivity contribution in [3.8, 4) is 0 Å². The van der Waals surface area contributed by atoms with Crippen molar-refractivity contribution >= 4 is 6.16 Å². The van der Waals surface area contributed by atoms with E-state index in [9.17, 15) is 4.79 Å². The second-order valence-corrected chi connectivity index (χ2v) is 2.37. The van der Waals surface area contributed by atoms with Gasteiger partial charge in [-0.1, -0.05) is 0 Å². The molecule has 5 heteroatoms. The van der Waals surface area contributed by atoms with Crippen molar-refractivity contribution in [3.05, 3.63) is 0 Å². The summed E-state index contributed by atoms with van der Waals surface area (Å²) in [4.78, 5) is 10.5. The lowest BCUT2D eigenvalue weighted by Gasteiger charge is -2.21. The molecule has 0 aromatic heterocycles. The number of hydrogen-bond donors (Lipinski definition) is 0. The van der Waals surface area contributed by atoms with Crippen LogP contribution in [0.3, 0.4) is 0 Å². The van der Waals surface area contributed by atoms with Crippen LogP contribution in [0.2, 0.25) is 0 Å². The quantitative estimate of drug-likeness (QED) is 0.574. The van der Waals surface area contributed by atoms with Gasteiger partial charge in [-0.15, -0.1) is 0 Å². The first-order valence-electron chi connectivity index (χ1n) is 3.73. The minimum atomic E-state index is -0.676. The van der Waals surface area contributed by atoms with E-state index in [2.05, 4.69) is 9.47 Å². The summed E-state index contributed by atoms with van der Waals surface area (Å²) in [7, 11) is 1.27. The summed E-state index contributed by atoms with van der Waals surface area (Å²) in [6.07, 6.45) is 0.0136. The SMILES string of the molecule is COC(=O)OCC1CCOCO1. The van der Waals surface area contributed by atoms with E-state index < -0.39 is 6.16 Å². The van der Waals surface area contributed by atoms with Crippen LogP contribution in [0.5, 0.6) is 0 Å². The highest BCUT2D eigenvalue weighted by Gasteiger charge is 2.16. The maximum absolute atomic E-state index is 10.5. The second kappa shape index (κ2) is 4.95. The van der Waals surface area contributed by atoms with Gasteiger partial charge < -0.3 is 18.9 Å². The van der Waals surface area contributed by atoms with Gasteiger partial charge >= 0.3 is 6.16 Å². The molecule has 1 unspecified atom stereocenters. The first-order chi connectivity index (χ1) is 5.83. The lowest BCUT2D eigenvalue weighted by Crippen LogP contribution is -2.29. The lowest BCUT2D eigenvalue weighted by molar-refractivity contribution is -0.152. The van der Waals surface area contributed by atoms with Gasteiger partial charge in [0, 0.05) is 6.42 Å². The summed E-state index contributed by atoms with van der Waals surface area (Å²) >= 11 is 0. The van der Waals surface area contributed by atoms with Crippen molar-refractivity contribution < 1.29 is 23.7 Å². The van der Waals surface area contributed by atoms with Crippen LogP contribution in [0, 0.1) is 0 Å². The topological polar surface area (TPSA) is 54.0 Å². The summed E-state index contributed by atoms with van der Waals surface area (Å²) < 4.78 is 19.0. The fourth-order valence-corrected chi connectivity index (χ4v) is 0.853. The molecular weight excluding hydrogens is 164 g/mol. The van der Waals surface area contributed by atoms with E-state index >= 15 is 0 Å². The van der Waals surface area contributed by atoms with E-state index in [1.54, 1.807) is 0 Å². The Hall–Kier alpha value is -0.810. The molecule has 1 rings (SSSR count). The molecule has 0 amide bonds. The van der Waals surface area contributed by atoms with E-state index in [4.69, 9.17) is 9.47 Å². The van der Waals surface area contributed by atoms with Crippen molar-refractivity contribution in [3.63, 3.8) is 0 Å². The van der Waals surface area contributed by atoms with Crippen LogP contribution in [0.25, 0.3) is 0 Å². The minimum Gasteiger partial charge on any atom is -0.438 e. The molecule has 12 heavy (non-hydrogen) atoms. The molecule has 5 nitrogen and oxygen atoms in total. The van der Waals surface area contributed by atoms with Gasteiger partial charge in [-0.05, 0) is 0 Å². The first kappa shape index (κ1) is 9.28. The number of carbonyl (C=O) groups is 1. The largest absolute Gasteiger partial charge is 0.508 e. The van der Waals surface area contributed by atoms with Gasteiger partial charge in [0.2, 0.25) is 0 Å². The molecular formula is C7H12O5. The molecule has 1 aliphatic rings. The Balaban J connectivity index is 2.09. The molecule has 1 saturated heterocycles. The molecule has 0 aromatic carbocycles. The van der Waals surface area contributed by atoms with Crippen LogP contribution in [-0.4, -0.2) is 39.4 Å². The van der Waals surface area contributed by atoms with Gasteiger partial charge in [-0.25, -0.2) is 4.79 Å². The van der Waals surface area contributed by atoms with Crippen LogP contribution in [0.1, 0.15) is 6.42 Å². The van der Waals surface area contributed by atoms with Crippen LogP contribution in [0.4, 0.5) is 4.79 Å². The average molecular weight is 176 g/mol. The lowest BCUT2D eigenvalue weighted by atomic mass is 10.3. The van der Waals surface area contributed by atoms with Crippen molar-refractivity contribution in [1.82, 2.24) is 0 Å². The molecule has 1 heterocycles. The van der Waals surface area contributed by atoms with Crippen molar-refractivity contribution in [2.24, 2.45) is 0 Å². The van der Waals surface area contributed by atoms with Gasteiger partial charge in [0.25, 0.3) is 0 Å². The molecule has 0 saturated carbocycles. The number of rotatable bonds is 2. The van der Waals surface area contributed by atoms with E-state index in [1.165, 1.54) is 7.11 Å². The Labute approximate surface area is 70.5 Å². The molecule has 0 bridgehead atoms. The highest BCUT2D eigenvalue weighted by Crippen LogP contribution is 2.06. The summed E-state index contributed by atoms with van der Waals surface area (Å²) in [5, 5.41) is 0. The molecule has 1 atom stereocenters. The second-order valence-electron chi connectivity index (χ2n) is 2.37. The Kier molecular flexibility index (Phi) is 3.83. The highest BCUT2D eigenvalue weighted by molar-refractivity contribution is 5.59. The molecule has 0 aromatic rings. The van der Waals surface area contributed by atoms with Gasteiger partial charge in [-0.3, -0.25) is 0 Å². The van der Waals surface area contributed by atoms with E-state index in [1.807, 2.05) is 0 Å². The Morgan fingerprint density at radius 1 is 1.67 bits per heavy atom. The molecule has 0 radical (unpaired) electrons. The van der Waals surface area contributed by atoms with Gasteiger partial charge in [0.05, 0.1) is 19.8 Å². The zero-order valence-electron chi connectivity index (χ0n) is 6.95. The number of carbonyl (C=O) groups excluding carboxylic acids is 1. The first-order valence-corrected chi connectivity index (χ1v) is 3.73. The standard InChI is InChI=1S/C7H12O5/c1-9-7(8)11-4-6-2-3-10-5-12-6/h6H,2-5H2,1H3. The van der Waals surface area contributed by atoms with Gasteiger partial charge in [0.15, 0.2) is 0 Å². The Morgan fingerprint density at radius 3 is 3.08 bits per heavy atom. The third-order valence-electron chi connectivity index (χ3n) is 1.52. The maximum Gasteiger partial charge on any atom is 0.508 e. The van der Waals surface area contributed by atoms with E-state index in [0.717, 1.165) is 6.42 Å². The van der Waals surface area contributed by atoms with Crippen LogP contribution in [-0.2, 0) is 18.9 Å². The predicted molar refractivity (Wildman–Crippen MR) is 38.7 cm³/mol. The molecule has 70 valence electrons. The van der Waals surface area contributed by atoms with Gasteiger partial charge in [-0.2, -0.15) is 0 Å². The van der Waals surface area contributed by atoms with E-state index in [-0.39, 0.29) is 19.5 Å². The molecule has 0 spiro atoms. The smallest absolute Gasteiger partial charge is 0.438 e. The predicted octanol–water partition coefficient (Wildman–Crippen LogP) is 0.532. The summed E-state index contributed by atoms with van der Waals surface area (Å²) in [5.41, 5.74) is 0. The Morgan fingerprint density at radius 2 is 2.50 bits per heavy atom. The zero-order valence-corrected chi connectivity index (χ0v) is 6.95. The van der Waals surface area contributed by atoms with Crippen LogP contribution < -0.4 is 0 Å². The third-order valence-corrected chi connectivity index (χ3v) is 1.52. The maximum atomic E-state index is 10.5. The summed E-state index contributed by atoms with van der Waals surface area (Å²) in [6, 6.07) is 0. The monoisotopic (exact) mass is 176 g/mol. The molecule has 1 fully saturated rings. The van der Waals surface area contributed by atoms with E-state index in [0.29, 0.717) is 6.61 Å². The van der Waals surface area contributed by atoms with Crippen molar-refractivity contribution in [2.45, 2.75) is 12.5 Å². The Bertz CT molecular complexity index is 141. The van der Waals surface area contributed by atoms with Crippen molar-refractivity contribution in [1.29, 1.82) is 0 Å². The number of methoxy groups -OCH3 is 1. The minimum absolute atomic E-state index is 0.0575. The molecule has 0 N–H and O–H groups in total. The summed E-state index contributed by atoms with van der Waals surface area (Å²) in [6.45, 7) is 1.15. The normalized spacial score (nSPS) is 23.2. The fraction of sp³-hybridized carbons (Fsp3) is 0.857. The van der Waals surface area contributed by atoms with Crippen LogP contribution >= 0.6 is 0 Å². The zero-order chi connectivity index (χ0) is 8.81. The highest BCUT2D eigenvalue weighted by atomic mass is 16.7. The molecule has 1 aliphatic heterocycles. The van der Waals surface area contributed by atoms with Crippen LogP contribution in [0.15, 0.2) is 0 Å².